The van der Waals surface area contributed by atoms with Crippen LogP contribution in [0.4, 0.5) is 0 Å². The lowest BCUT2D eigenvalue weighted by atomic mass is 10.0. The quantitative estimate of drug-likeness (QED) is 0.664. The Morgan fingerprint density at radius 3 is 2.85 bits per heavy atom. The molecule has 3 heteroatoms. The van der Waals surface area contributed by atoms with Crippen molar-refractivity contribution in [3.05, 3.63) is 17.8 Å². The van der Waals surface area contributed by atoms with E-state index in [1.54, 1.807) is 6.39 Å². The molecule has 0 amide bonds. The van der Waals surface area contributed by atoms with Crippen molar-refractivity contribution in [2.75, 3.05) is 7.05 Å². The Balaban J connectivity index is 2.42. The standard InChI is InChI=1S/C10H16N2O/c1-6(2)9-10-8(11-5-13-10)7(3)12(9)4/h5-7,9H,1-4H3. The van der Waals surface area contributed by atoms with Crippen LogP contribution in [-0.4, -0.2) is 16.9 Å². The Morgan fingerprint density at radius 1 is 1.54 bits per heavy atom. The first kappa shape index (κ1) is 8.75. The minimum absolute atomic E-state index is 0.390. The Labute approximate surface area is 78.8 Å². The number of fused-ring (bicyclic) bond motifs is 1. The van der Waals surface area contributed by atoms with E-state index >= 15 is 0 Å². The molecule has 3 nitrogen and oxygen atoms in total. The highest BCUT2D eigenvalue weighted by atomic mass is 16.3. The van der Waals surface area contributed by atoms with Crippen molar-refractivity contribution < 1.29 is 4.42 Å². The monoisotopic (exact) mass is 180 g/mol. The number of rotatable bonds is 1. The van der Waals surface area contributed by atoms with Crippen molar-refractivity contribution >= 4 is 0 Å². The molecule has 0 spiro atoms. The third-order valence-corrected chi connectivity index (χ3v) is 2.97. The molecule has 0 fully saturated rings. The van der Waals surface area contributed by atoms with Gasteiger partial charge in [0, 0.05) is 0 Å². The number of oxazole rings is 1. The Kier molecular flexibility index (Phi) is 1.91. The summed E-state index contributed by atoms with van der Waals surface area (Å²) in [4.78, 5) is 6.58. The molecule has 1 aromatic rings. The maximum atomic E-state index is 5.44. The van der Waals surface area contributed by atoms with Crippen LogP contribution in [0.3, 0.4) is 0 Å². The second-order valence-electron chi connectivity index (χ2n) is 4.13. The maximum Gasteiger partial charge on any atom is 0.181 e. The molecule has 1 aliphatic heterocycles. The average molecular weight is 180 g/mol. The molecule has 2 heterocycles. The van der Waals surface area contributed by atoms with Gasteiger partial charge in [0.2, 0.25) is 0 Å². The summed E-state index contributed by atoms with van der Waals surface area (Å²) in [5.41, 5.74) is 1.11. The first-order valence-corrected chi connectivity index (χ1v) is 4.78. The molecular weight excluding hydrogens is 164 g/mol. The molecule has 0 aliphatic carbocycles. The lowest BCUT2D eigenvalue weighted by Crippen LogP contribution is -2.23. The van der Waals surface area contributed by atoms with Gasteiger partial charge in [0.1, 0.15) is 11.5 Å². The summed E-state index contributed by atoms with van der Waals surface area (Å²) in [6.45, 7) is 6.60. The lowest BCUT2D eigenvalue weighted by Gasteiger charge is -2.25. The van der Waals surface area contributed by atoms with E-state index in [2.05, 4.69) is 37.7 Å². The van der Waals surface area contributed by atoms with E-state index < -0.39 is 0 Å². The Morgan fingerprint density at radius 2 is 2.23 bits per heavy atom. The number of nitrogens with zero attached hydrogens (tertiary/aromatic N) is 2. The molecule has 2 unspecified atom stereocenters. The van der Waals surface area contributed by atoms with E-state index in [4.69, 9.17) is 4.42 Å². The Bertz CT molecular complexity index is 306. The van der Waals surface area contributed by atoms with Gasteiger partial charge < -0.3 is 4.42 Å². The third-order valence-electron chi connectivity index (χ3n) is 2.97. The van der Waals surface area contributed by atoms with Crippen LogP contribution < -0.4 is 0 Å². The fraction of sp³-hybridized carbons (Fsp3) is 0.700. The largest absolute Gasteiger partial charge is 0.446 e. The van der Waals surface area contributed by atoms with Crippen LogP contribution in [0.15, 0.2) is 10.8 Å². The highest BCUT2D eigenvalue weighted by Crippen LogP contribution is 2.43. The molecule has 72 valence electrons. The summed E-state index contributed by atoms with van der Waals surface area (Å²) < 4.78 is 5.44. The molecule has 0 saturated heterocycles. The highest BCUT2D eigenvalue weighted by molar-refractivity contribution is 5.22. The highest BCUT2D eigenvalue weighted by Gasteiger charge is 2.38. The zero-order valence-corrected chi connectivity index (χ0v) is 8.61. The van der Waals surface area contributed by atoms with Crippen molar-refractivity contribution in [2.45, 2.75) is 32.9 Å². The van der Waals surface area contributed by atoms with Crippen molar-refractivity contribution in [1.82, 2.24) is 9.88 Å². The van der Waals surface area contributed by atoms with Gasteiger partial charge in [-0.3, -0.25) is 4.90 Å². The van der Waals surface area contributed by atoms with E-state index in [-0.39, 0.29) is 0 Å². The predicted octanol–water partition coefficient (Wildman–Crippen LogP) is 2.38. The summed E-state index contributed by atoms with van der Waals surface area (Å²) in [6, 6.07) is 0.786. The van der Waals surface area contributed by atoms with Crippen LogP contribution in [0.5, 0.6) is 0 Å². The molecular formula is C10H16N2O. The third kappa shape index (κ3) is 1.10. The zero-order valence-electron chi connectivity index (χ0n) is 8.61. The smallest absolute Gasteiger partial charge is 0.181 e. The first-order chi connectivity index (χ1) is 6.13. The van der Waals surface area contributed by atoms with Crippen molar-refractivity contribution in [3.8, 4) is 0 Å². The first-order valence-electron chi connectivity index (χ1n) is 4.78. The van der Waals surface area contributed by atoms with Crippen molar-refractivity contribution in [3.63, 3.8) is 0 Å². The molecule has 13 heavy (non-hydrogen) atoms. The van der Waals surface area contributed by atoms with Crippen molar-refractivity contribution in [2.24, 2.45) is 5.92 Å². The number of aromatic nitrogens is 1. The average Bonchev–Trinajstić information content (AvgIpc) is 2.57. The summed E-state index contributed by atoms with van der Waals surface area (Å²) in [7, 11) is 2.13. The topological polar surface area (TPSA) is 29.3 Å². The molecule has 1 aliphatic rings. The molecule has 2 rings (SSSR count). The summed E-state index contributed by atoms with van der Waals surface area (Å²) >= 11 is 0. The van der Waals surface area contributed by atoms with E-state index in [0.29, 0.717) is 18.0 Å². The summed E-state index contributed by atoms with van der Waals surface area (Å²) in [6.07, 6.45) is 1.56. The van der Waals surface area contributed by atoms with Gasteiger partial charge >= 0.3 is 0 Å². The van der Waals surface area contributed by atoms with Crippen LogP contribution in [-0.2, 0) is 0 Å². The SMILES string of the molecule is CC(C)C1c2ocnc2C(C)N1C. The number of hydrogen-bond donors (Lipinski definition) is 0. The fourth-order valence-corrected chi connectivity index (χ4v) is 2.19. The molecule has 0 bridgehead atoms. The van der Waals surface area contributed by atoms with Gasteiger partial charge in [-0.05, 0) is 19.9 Å². The molecule has 0 radical (unpaired) electrons. The minimum Gasteiger partial charge on any atom is -0.446 e. The summed E-state index contributed by atoms with van der Waals surface area (Å²) in [5, 5.41) is 0. The van der Waals surface area contributed by atoms with Gasteiger partial charge in [0.05, 0.1) is 12.1 Å². The van der Waals surface area contributed by atoms with Gasteiger partial charge in [-0.2, -0.15) is 0 Å². The van der Waals surface area contributed by atoms with Crippen LogP contribution in [0.1, 0.15) is 44.3 Å². The minimum atomic E-state index is 0.390. The predicted molar refractivity (Wildman–Crippen MR) is 50.3 cm³/mol. The summed E-state index contributed by atoms with van der Waals surface area (Å²) in [5.74, 6) is 1.63. The molecule has 0 aromatic carbocycles. The van der Waals surface area contributed by atoms with Crippen LogP contribution in [0.2, 0.25) is 0 Å². The molecule has 0 saturated carbocycles. The van der Waals surface area contributed by atoms with Crippen molar-refractivity contribution in [1.29, 1.82) is 0 Å². The second-order valence-corrected chi connectivity index (χ2v) is 4.13. The second kappa shape index (κ2) is 2.84. The molecule has 0 N–H and O–H groups in total. The van der Waals surface area contributed by atoms with Crippen LogP contribution in [0.25, 0.3) is 0 Å². The maximum absolute atomic E-state index is 5.44. The van der Waals surface area contributed by atoms with E-state index in [9.17, 15) is 0 Å². The van der Waals surface area contributed by atoms with Gasteiger partial charge in [0.15, 0.2) is 6.39 Å². The van der Waals surface area contributed by atoms with Crippen LogP contribution >= 0.6 is 0 Å². The normalized spacial score (nSPS) is 28.4. The molecule has 2 atom stereocenters. The van der Waals surface area contributed by atoms with E-state index in [1.165, 1.54) is 0 Å². The molecule has 1 aromatic heterocycles. The fourth-order valence-electron chi connectivity index (χ4n) is 2.19. The number of hydrogen-bond acceptors (Lipinski definition) is 3. The van der Waals surface area contributed by atoms with Gasteiger partial charge in [-0.15, -0.1) is 0 Å². The van der Waals surface area contributed by atoms with Gasteiger partial charge in [-0.25, -0.2) is 4.98 Å². The Hall–Kier alpha value is -0.830. The van der Waals surface area contributed by atoms with Gasteiger partial charge in [0.25, 0.3) is 0 Å². The lowest BCUT2D eigenvalue weighted by molar-refractivity contribution is 0.156. The van der Waals surface area contributed by atoms with E-state index in [0.717, 1.165) is 11.5 Å². The van der Waals surface area contributed by atoms with E-state index in [1.807, 2.05) is 0 Å². The zero-order chi connectivity index (χ0) is 9.59. The van der Waals surface area contributed by atoms with Crippen LogP contribution in [0, 0.1) is 5.92 Å². The van der Waals surface area contributed by atoms with Gasteiger partial charge in [-0.1, -0.05) is 13.8 Å².